The molecule has 0 aliphatic carbocycles. The highest BCUT2D eigenvalue weighted by Crippen LogP contribution is 2.21. The molecule has 3 nitrogen and oxygen atoms in total. The van der Waals surface area contributed by atoms with Crippen LogP contribution >= 0.6 is 0 Å². The van der Waals surface area contributed by atoms with Gasteiger partial charge in [-0.2, -0.15) is 5.10 Å². The van der Waals surface area contributed by atoms with Crippen molar-refractivity contribution in [1.82, 2.24) is 9.61 Å². The van der Waals surface area contributed by atoms with E-state index < -0.39 is 0 Å². The van der Waals surface area contributed by atoms with E-state index in [0.717, 1.165) is 17.5 Å². The Labute approximate surface area is 112 Å². The summed E-state index contributed by atoms with van der Waals surface area (Å²) in [7, 11) is 0. The van der Waals surface area contributed by atoms with Crippen LogP contribution < -0.4 is 5.73 Å². The molecule has 96 valence electrons. The summed E-state index contributed by atoms with van der Waals surface area (Å²) in [6, 6.07) is 14.5. The number of fused-ring (bicyclic) bond motifs is 1. The molecule has 1 unspecified atom stereocenters. The van der Waals surface area contributed by atoms with E-state index in [-0.39, 0.29) is 6.04 Å². The summed E-state index contributed by atoms with van der Waals surface area (Å²) in [6.45, 7) is 2.10. The Morgan fingerprint density at radius 1 is 1.21 bits per heavy atom. The zero-order valence-corrected chi connectivity index (χ0v) is 11.0. The van der Waals surface area contributed by atoms with Gasteiger partial charge in [-0.15, -0.1) is 0 Å². The van der Waals surface area contributed by atoms with Crippen LogP contribution in [0, 0.1) is 6.92 Å². The van der Waals surface area contributed by atoms with Gasteiger partial charge in [0.2, 0.25) is 0 Å². The number of pyridine rings is 1. The van der Waals surface area contributed by atoms with Crippen molar-refractivity contribution < 1.29 is 0 Å². The van der Waals surface area contributed by atoms with Gasteiger partial charge in [0.1, 0.15) is 0 Å². The summed E-state index contributed by atoms with van der Waals surface area (Å²) in [5.41, 5.74) is 11.1. The average molecular weight is 251 g/mol. The molecule has 1 atom stereocenters. The fourth-order valence-electron chi connectivity index (χ4n) is 2.44. The fraction of sp³-hybridized carbons (Fsp3) is 0.188. The molecular formula is C16H17N3. The van der Waals surface area contributed by atoms with Crippen molar-refractivity contribution >= 4 is 5.52 Å². The third kappa shape index (κ3) is 2.37. The lowest BCUT2D eigenvalue weighted by Gasteiger charge is -2.11. The van der Waals surface area contributed by atoms with Crippen LogP contribution in [0.5, 0.6) is 0 Å². The predicted octanol–water partition coefficient (Wildman–Crippen LogP) is 2.89. The van der Waals surface area contributed by atoms with Gasteiger partial charge in [0.15, 0.2) is 0 Å². The monoisotopic (exact) mass is 251 g/mol. The van der Waals surface area contributed by atoms with Gasteiger partial charge in [0, 0.05) is 17.8 Å². The van der Waals surface area contributed by atoms with Crippen LogP contribution in [0.3, 0.4) is 0 Å². The first kappa shape index (κ1) is 11.9. The highest BCUT2D eigenvalue weighted by molar-refractivity contribution is 5.55. The summed E-state index contributed by atoms with van der Waals surface area (Å²) >= 11 is 0. The Bertz CT molecular complexity index is 700. The second-order valence-corrected chi connectivity index (χ2v) is 4.93. The predicted molar refractivity (Wildman–Crippen MR) is 77.0 cm³/mol. The molecule has 0 amide bonds. The third-order valence-electron chi connectivity index (χ3n) is 3.39. The third-order valence-corrected chi connectivity index (χ3v) is 3.39. The first-order valence-electron chi connectivity index (χ1n) is 6.47. The maximum Gasteiger partial charge on any atom is 0.0709 e. The molecule has 2 N–H and O–H groups in total. The summed E-state index contributed by atoms with van der Waals surface area (Å²) in [5.74, 6) is 0. The first-order valence-corrected chi connectivity index (χ1v) is 6.47. The molecule has 1 aromatic carbocycles. The van der Waals surface area contributed by atoms with Gasteiger partial charge in [0.05, 0.1) is 11.7 Å². The Hall–Kier alpha value is -2.13. The smallest absolute Gasteiger partial charge is 0.0709 e. The minimum Gasteiger partial charge on any atom is -0.324 e. The van der Waals surface area contributed by atoms with Crippen LogP contribution in [0.1, 0.15) is 22.7 Å². The quantitative estimate of drug-likeness (QED) is 0.777. The van der Waals surface area contributed by atoms with Crippen LogP contribution in [0.4, 0.5) is 0 Å². The Morgan fingerprint density at radius 2 is 2.11 bits per heavy atom. The number of nitrogens with two attached hydrogens (primary N) is 1. The molecule has 0 fully saturated rings. The molecule has 2 aromatic heterocycles. The number of hydrogen-bond acceptors (Lipinski definition) is 2. The van der Waals surface area contributed by atoms with Gasteiger partial charge < -0.3 is 5.73 Å². The maximum absolute atomic E-state index is 6.33. The topological polar surface area (TPSA) is 43.3 Å². The largest absolute Gasteiger partial charge is 0.324 e. The normalized spacial score (nSPS) is 12.7. The Kier molecular flexibility index (Phi) is 3.05. The molecule has 0 bridgehead atoms. The number of rotatable bonds is 3. The van der Waals surface area contributed by atoms with Gasteiger partial charge in [-0.25, -0.2) is 4.52 Å². The van der Waals surface area contributed by atoms with E-state index in [0.29, 0.717) is 0 Å². The van der Waals surface area contributed by atoms with Crippen LogP contribution in [-0.4, -0.2) is 9.61 Å². The highest BCUT2D eigenvalue weighted by Gasteiger charge is 2.12. The molecule has 3 aromatic rings. The maximum atomic E-state index is 6.33. The summed E-state index contributed by atoms with van der Waals surface area (Å²) in [4.78, 5) is 0. The van der Waals surface area contributed by atoms with Crippen LogP contribution in [0.2, 0.25) is 0 Å². The van der Waals surface area contributed by atoms with Gasteiger partial charge in [-0.3, -0.25) is 0 Å². The molecule has 19 heavy (non-hydrogen) atoms. The van der Waals surface area contributed by atoms with E-state index >= 15 is 0 Å². The SMILES string of the molecule is Cc1cccc(CC(N)c2cnn3ccccc23)c1. The van der Waals surface area contributed by atoms with Gasteiger partial charge in [0.25, 0.3) is 0 Å². The number of aryl methyl sites for hydroxylation is 1. The average Bonchev–Trinajstić information content (AvgIpc) is 2.82. The van der Waals surface area contributed by atoms with Crippen molar-refractivity contribution in [3.8, 4) is 0 Å². The highest BCUT2D eigenvalue weighted by atomic mass is 15.2. The minimum absolute atomic E-state index is 0.0262. The number of nitrogens with zero attached hydrogens (tertiary/aromatic N) is 2. The molecule has 3 heteroatoms. The molecule has 0 spiro atoms. The zero-order chi connectivity index (χ0) is 13.2. The zero-order valence-electron chi connectivity index (χ0n) is 11.0. The van der Waals surface area contributed by atoms with E-state index in [2.05, 4.69) is 42.4 Å². The van der Waals surface area contributed by atoms with Crippen molar-refractivity contribution in [1.29, 1.82) is 0 Å². The van der Waals surface area contributed by atoms with Crippen LogP contribution in [-0.2, 0) is 6.42 Å². The Morgan fingerprint density at radius 3 is 2.95 bits per heavy atom. The minimum atomic E-state index is -0.0262. The Balaban J connectivity index is 1.90. The molecular weight excluding hydrogens is 234 g/mol. The van der Waals surface area contributed by atoms with E-state index in [9.17, 15) is 0 Å². The van der Waals surface area contributed by atoms with E-state index in [1.54, 1.807) is 0 Å². The van der Waals surface area contributed by atoms with E-state index in [4.69, 9.17) is 5.73 Å². The number of hydrogen-bond donors (Lipinski definition) is 1. The molecule has 0 saturated carbocycles. The van der Waals surface area contributed by atoms with Crippen LogP contribution in [0.25, 0.3) is 5.52 Å². The summed E-state index contributed by atoms with van der Waals surface area (Å²) < 4.78 is 1.87. The second kappa shape index (κ2) is 4.86. The fourth-order valence-corrected chi connectivity index (χ4v) is 2.44. The number of aromatic nitrogens is 2. The van der Waals surface area contributed by atoms with Crippen molar-refractivity contribution in [2.24, 2.45) is 5.73 Å². The summed E-state index contributed by atoms with van der Waals surface area (Å²) in [5, 5.41) is 4.34. The number of benzene rings is 1. The lowest BCUT2D eigenvalue weighted by Crippen LogP contribution is -2.13. The standard InChI is InChI=1S/C16H17N3/c1-12-5-4-6-13(9-12)10-15(17)14-11-18-19-8-3-2-7-16(14)19/h2-9,11,15H,10,17H2,1H3. The lowest BCUT2D eigenvalue weighted by atomic mass is 10.00. The van der Waals surface area contributed by atoms with Crippen LogP contribution in [0.15, 0.2) is 54.9 Å². The molecule has 0 aliphatic rings. The lowest BCUT2D eigenvalue weighted by molar-refractivity contribution is 0.727. The molecule has 0 aliphatic heterocycles. The van der Waals surface area contributed by atoms with Crippen molar-refractivity contribution in [2.75, 3.05) is 0 Å². The second-order valence-electron chi connectivity index (χ2n) is 4.93. The molecule has 3 rings (SSSR count). The van der Waals surface area contributed by atoms with Crippen molar-refractivity contribution in [3.63, 3.8) is 0 Å². The first-order chi connectivity index (χ1) is 9.24. The van der Waals surface area contributed by atoms with Gasteiger partial charge >= 0.3 is 0 Å². The van der Waals surface area contributed by atoms with Crippen molar-refractivity contribution in [3.05, 3.63) is 71.5 Å². The van der Waals surface area contributed by atoms with E-state index in [1.807, 2.05) is 29.0 Å². The molecule has 2 heterocycles. The van der Waals surface area contributed by atoms with Crippen molar-refractivity contribution in [2.45, 2.75) is 19.4 Å². The molecule has 0 saturated heterocycles. The summed E-state index contributed by atoms with van der Waals surface area (Å²) in [6.07, 6.45) is 4.64. The van der Waals surface area contributed by atoms with E-state index in [1.165, 1.54) is 11.1 Å². The van der Waals surface area contributed by atoms with Gasteiger partial charge in [-0.1, -0.05) is 35.9 Å². The van der Waals surface area contributed by atoms with Gasteiger partial charge in [-0.05, 0) is 31.0 Å². The molecule has 0 radical (unpaired) electrons.